The Balaban J connectivity index is 2.76. The van der Waals surface area contributed by atoms with Crippen LogP contribution in [0.3, 0.4) is 0 Å². The van der Waals surface area contributed by atoms with E-state index in [1.165, 1.54) is 18.0 Å². The fourth-order valence-electron chi connectivity index (χ4n) is 1.30. The Morgan fingerprint density at radius 3 is 2.80 bits per heavy atom. The second-order valence-corrected chi connectivity index (χ2v) is 3.62. The van der Waals surface area contributed by atoms with Crippen LogP contribution in [0.25, 0.3) is 0 Å². The van der Waals surface area contributed by atoms with Crippen molar-refractivity contribution in [1.82, 2.24) is 10.2 Å². The fraction of sp³-hybridized carbons (Fsp3) is 0.556. The van der Waals surface area contributed by atoms with E-state index in [1.54, 1.807) is 6.92 Å². The van der Waals surface area contributed by atoms with Crippen LogP contribution in [0.1, 0.15) is 20.3 Å². The Kier molecular flexibility index (Phi) is 2.99. The van der Waals surface area contributed by atoms with E-state index < -0.39 is 11.8 Å². The lowest BCUT2D eigenvalue weighted by Crippen LogP contribution is -2.60. The lowest BCUT2D eigenvalue weighted by Gasteiger charge is -2.39. The molecule has 15 heavy (non-hydrogen) atoms. The topological polar surface area (TPSA) is 89.9 Å². The van der Waals surface area contributed by atoms with Gasteiger partial charge in [0.1, 0.15) is 0 Å². The highest BCUT2D eigenvalue weighted by Gasteiger charge is 2.33. The minimum absolute atomic E-state index is 0.101. The first kappa shape index (κ1) is 11.5. The minimum Gasteiger partial charge on any atom is -0.481 e. The van der Waals surface area contributed by atoms with Gasteiger partial charge in [-0.05, 0) is 6.92 Å². The van der Waals surface area contributed by atoms with Gasteiger partial charge < -0.3 is 20.4 Å². The lowest BCUT2D eigenvalue weighted by molar-refractivity contribution is -0.145. The molecule has 1 aliphatic heterocycles. The van der Waals surface area contributed by atoms with Crippen LogP contribution < -0.4 is 5.32 Å². The van der Waals surface area contributed by atoms with Crippen molar-refractivity contribution in [2.24, 2.45) is 0 Å². The number of carboxylic acids is 1. The number of carbonyl (C=O) groups excluding carboxylic acids is 1. The molecule has 6 heteroatoms. The maximum absolute atomic E-state index is 11.2. The molecule has 1 unspecified atom stereocenters. The number of hydrogen-bond donors (Lipinski definition) is 3. The molecule has 1 rings (SSSR count). The summed E-state index contributed by atoms with van der Waals surface area (Å²) < 4.78 is 0. The van der Waals surface area contributed by atoms with Crippen LogP contribution in [0.2, 0.25) is 0 Å². The number of hydrogen-bond acceptors (Lipinski definition) is 4. The Morgan fingerprint density at radius 2 is 2.27 bits per heavy atom. The number of nitrogens with one attached hydrogen (secondary N) is 1. The van der Waals surface area contributed by atoms with Gasteiger partial charge in [0.05, 0.1) is 6.42 Å². The highest BCUT2D eigenvalue weighted by Crippen LogP contribution is 2.16. The average molecular weight is 214 g/mol. The van der Waals surface area contributed by atoms with E-state index in [9.17, 15) is 14.7 Å². The summed E-state index contributed by atoms with van der Waals surface area (Å²) in [6.45, 7) is 3.13. The number of aliphatic carboxylic acids is 1. The zero-order chi connectivity index (χ0) is 11.6. The predicted octanol–water partition coefficient (Wildman–Crippen LogP) is -0.537. The summed E-state index contributed by atoms with van der Waals surface area (Å²) in [4.78, 5) is 23.0. The van der Waals surface area contributed by atoms with Gasteiger partial charge in [-0.25, -0.2) is 0 Å². The largest absolute Gasteiger partial charge is 0.481 e. The standard InChI is InChI=1S/C9H14N2O4/c1-6-5-11(4-3-7(12)13)9(2,15)10-8(6)14/h5,15H,3-4H2,1-2H3,(H,10,14)(H,12,13). The zero-order valence-corrected chi connectivity index (χ0v) is 8.65. The van der Waals surface area contributed by atoms with Crippen LogP contribution >= 0.6 is 0 Å². The van der Waals surface area contributed by atoms with E-state index in [1.807, 2.05) is 0 Å². The van der Waals surface area contributed by atoms with E-state index in [0.29, 0.717) is 5.57 Å². The minimum atomic E-state index is -1.52. The van der Waals surface area contributed by atoms with Crippen molar-refractivity contribution in [2.45, 2.75) is 26.1 Å². The molecular weight excluding hydrogens is 200 g/mol. The molecule has 1 atom stereocenters. The highest BCUT2D eigenvalue weighted by atomic mass is 16.4. The number of nitrogens with zero attached hydrogens (tertiary/aromatic N) is 1. The SMILES string of the molecule is CC1=CN(CCC(=O)O)C(C)(O)NC1=O. The van der Waals surface area contributed by atoms with Crippen LogP contribution in [0, 0.1) is 0 Å². The van der Waals surface area contributed by atoms with Crippen molar-refractivity contribution < 1.29 is 19.8 Å². The lowest BCUT2D eigenvalue weighted by atomic mass is 10.2. The van der Waals surface area contributed by atoms with E-state index in [-0.39, 0.29) is 18.9 Å². The normalized spacial score (nSPS) is 25.9. The molecule has 0 saturated heterocycles. The van der Waals surface area contributed by atoms with Gasteiger partial charge in [-0.15, -0.1) is 0 Å². The third-order valence-electron chi connectivity index (χ3n) is 2.18. The molecule has 0 spiro atoms. The van der Waals surface area contributed by atoms with Crippen LogP contribution in [0.15, 0.2) is 11.8 Å². The molecule has 0 aromatic heterocycles. The number of amides is 1. The molecule has 0 saturated carbocycles. The van der Waals surface area contributed by atoms with E-state index in [2.05, 4.69) is 5.32 Å². The summed E-state index contributed by atoms with van der Waals surface area (Å²) in [6.07, 6.45) is 1.36. The van der Waals surface area contributed by atoms with Gasteiger partial charge in [0.25, 0.3) is 5.91 Å². The second kappa shape index (κ2) is 3.90. The Hall–Kier alpha value is -1.56. The second-order valence-electron chi connectivity index (χ2n) is 3.62. The predicted molar refractivity (Wildman–Crippen MR) is 51.5 cm³/mol. The maximum atomic E-state index is 11.2. The summed E-state index contributed by atoms with van der Waals surface area (Å²) in [7, 11) is 0. The Labute approximate surface area is 87.2 Å². The quantitative estimate of drug-likeness (QED) is 0.587. The molecule has 0 radical (unpaired) electrons. The van der Waals surface area contributed by atoms with E-state index in [4.69, 9.17) is 5.11 Å². The third-order valence-corrected chi connectivity index (χ3v) is 2.18. The van der Waals surface area contributed by atoms with Crippen LogP contribution in [0.5, 0.6) is 0 Å². The van der Waals surface area contributed by atoms with E-state index >= 15 is 0 Å². The van der Waals surface area contributed by atoms with Gasteiger partial charge in [-0.3, -0.25) is 9.59 Å². The number of rotatable bonds is 3. The molecule has 1 aliphatic rings. The monoisotopic (exact) mass is 214 g/mol. The molecular formula is C9H14N2O4. The molecule has 3 N–H and O–H groups in total. The van der Waals surface area contributed by atoms with Gasteiger partial charge in [-0.1, -0.05) is 0 Å². The maximum Gasteiger partial charge on any atom is 0.305 e. The zero-order valence-electron chi connectivity index (χ0n) is 8.65. The first-order valence-corrected chi connectivity index (χ1v) is 4.55. The van der Waals surface area contributed by atoms with Gasteiger partial charge in [-0.2, -0.15) is 0 Å². The average Bonchev–Trinajstić information content (AvgIpc) is 2.08. The van der Waals surface area contributed by atoms with Gasteiger partial charge in [0, 0.05) is 25.2 Å². The van der Waals surface area contributed by atoms with Gasteiger partial charge in [0.15, 0.2) is 0 Å². The summed E-state index contributed by atoms with van der Waals surface area (Å²) in [5.74, 6) is -2.83. The highest BCUT2D eigenvalue weighted by molar-refractivity contribution is 5.93. The first-order valence-electron chi connectivity index (χ1n) is 4.55. The van der Waals surface area contributed by atoms with Crippen molar-refractivity contribution in [3.05, 3.63) is 11.8 Å². The Morgan fingerprint density at radius 1 is 1.67 bits per heavy atom. The first-order chi connectivity index (χ1) is 6.83. The van der Waals surface area contributed by atoms with Gasteiger partial charge in [0.2, 0.25) is 5.85 Å². The fourth-order valence-corrected chi connectivity index (χ4v) is 1.30. The molecule has 0 aromatic carbocycles. The van der Waals surface area contributed by atoms with E-state index in [0.717, 1.165) is 0 Å². The number of carbonyl (C=O) groups is 2. The van der Waals surface area contributed by atoms with Crippen LogP contribution in [-0.4, -0.2) is 39.4 Å². The molecule has 0 aromatic rings. The molecule has 1 amide bonds. The molecule has 0 fully saturated rings. The summed E-state index contributed by atoms with van der Waals surface area (Å²) in [5.41, 5.74) is 0.437. The number of aliphatic hydroxyl groups is 1. The summed E-state index contributed by atoms with van der Waals surface area (Å²) in [6, 6.07) is 0. The smallest absolute Gasteiger partial charge is 0.305 e. The van der Waals surface area contributed by atoms with Crippen LogP contribution in [0.4, 0.5) is 0 Å². The molecule has 0 bridgehead atoms. The van der Waals surface area contributed by atoms with Crippen molar-refractivity contribution in [3.8, 4) is 0 Å². The van der Waals surface area contributed by atoms with Gasteiger partial charge >= 0.3 is 5.97 Å². The summed E-state index contributed by atoms with van der Waals surface area (Å²) in [5, 5.41) is 20.7. The molecule has 0 aliphatic carbocycles. The number of carboxylic acid groups (broad SMARTS) is 1. The van der Waals surface area contributed by atoms with Crippen LogP contribution in [-0.2, 0) is 9.59 Å². The molecule has 1 heterocycles. The Bertz CT molecular complexity index is 322. The van der Waals surface area contributed by atoms with Crippen molar-refractivity contribution in [1.29, 1.82) is 0 Å². The van der Waals surface area contributed by atoms with Crippen molar-refractivity contribution >= 4 is 11.9 Å². The summed E-state index contributed by atoms with van der Waals surface area (Å²) >= 11 is 0. The van der Waals surface area contributed by atoms with Crippen molar-refractivity contribution in [2.75, 3.05) is 6.54 Å². The van der Waals surface area contributed by atoms with Crippen molar-refractivity contribution in [3.63, 3.8) is 0 Å². The molecule has 84 valence electrons. The third kappa shape index (κ3) is 2.69. The molecule has 6 nitrogen and oxygen atoms in total.